The van der Waals surface area contributed by atoms with Crippen LogP contribution in [0.4, 0.5) is 5.69 Å². The minimum atomic E-state index is -0.350. The molecule has 0 amide bonds. The summed E-state index contributed by atoms with van der Waals surface area (Å²) in [6.07, 6.45) is 4.34. The second-order valence-corrected chi connectivity index (χ2v) is 5.54. The molecule has 0 radical (unpaired) electrons. The second kappa shape index (κ2) is 5.29. The maximum absolute atomic E-state index is 11.1. The van der Waals surface area contributed by atoms with Gasteiger partial charge in [0.25, 0.3) is 5.69 Å². The van der Waals surface area contributed by atoms with E-state index >= 15 is 0 Å². The monoisotopic (exact) mass is 286 g/mol. The Morgan fingerprint density at radius 2 is 2.14 bits per heavy atom. The van der Waals surface area contributed by atoms with Gasteiger partial charge in [0.2, 0.25) is 0 Å². The van der Waals surface area contributed by atoms with Crippen LogP contribution in [0, 0.1) is 24.0 Å². The molecule has 2 aromatic rings. The van der Waals surface area contributed by atoms with Crippen LogP contribution in [-0.4, -0.2) is 20.7 Å². The number of aryl methyl sites for hydroxylation is 1. The fourth-order valence-electron chi connectivity index (χ4n) is 2.49. The largest absolute Gasteiger partial charge is 0.308 e. The molecule has 0 bridgehead atoms. The van der Waals surface area contributed by atoms with Gasteiger partial charge in [-0.3, -0.25) is 10.1 Å². The predicted molar refractivity (Wildman–Crippen MR) is 79.6 cm³/mol. The number of aromatic nitrogens is 2. The lowest BCUT2D eigenvalue weighted by atomic mass is 10.1. The highest BCUT2D eigenvalue weighted by atomic mass is 16.6. The number of nitro groups is 1. The fraction of sp³-hybridized carbons (Fsp3) is 0.400. The molecule has 1 aliphatic rings. The molecule has 0 unspecified atom stereocenters. The van der Waals surface area contributed by atoms with Crippen molar-refractivity contribution in [1.82, 2.24) is 15.1 Å². The molecule has 1 N–H and O–H groups in total. The highest BCUT2D eigenvalue weighted by molar-refractivity contribution is 5.56. The summed E-state index contributed by atoms with van der Waals surface area (Å²) in [5, 5.41) is 19.0. The van der Waals surface area contributed by atoms with E-state index in [0.717, 1.165) is 23.5 Å². The van der Waals surface area contributed by atoms with Crippen LogP contribution in [0.3, 0.4) is 0 Å². The Labute approximate surface area is 122 Å². The summed E-state index contributed by atoms with van der Waals surface area (Å²) in [6.45, 7) is 4.45. The van der Waals surface area contributed by atoms with Gasteiger partial charge in [-0.2, -0.15) is 5.10 Å². The third kappa shape index (κ3) is 2.80. The minimum Gasteiger partial charge on any atom is -0.308 e. The molecule has 6 heteroatoms. The van der Waals surface area contributed by atoms with Crippen molar-refractivity contribution in [3.63, 3.8) is 0 Å². The molecule has 1 fully saturated rings. The summed E-state index contributed by atoms with van der Waals surface area (Å²) in [6, 6.07) is 5.90. The van der Waals surface area contributed by atoms with Gasteiger partial charge >= 0.3 is 0 Å². The van der Waals surface area contributed by atoms with Gasteiger partial charge in [0.05, 0.1) is 21.9 Å². The Morgan fingerprint density at radius 3 is 2.81 bits per heavy atom. The van der Waals surface area contributed by atoms with Crippen molar-refractivity contribution < 1.29 is 4.92 Å². The summed E-state index contributed by atoms with van der Waals surface area (Å²) in [7, 11) is 0. The van der Waals surface area contributed by atoms with Gasteiger partial charge in [-0.15, -0.1) is 0 Å². The zero-order chi connectivity index (χ0) is 15.0. The summed E-state index contributed by atoms with van der Waals surface area (Å²) in [4.78, 5) is 10.7. The van der Waals surface area contributed by atoms with Crippen molar-refractivity contribution in [3.05, 3.63) is 51.3 Å². The molecule has 21 heavy (non-hydrogen) atoms. The molecule has 0 saturated heterocycles. The van der Waals surface area contributed by atoms with Gasteiger partial charge in [-0.1, -0.05) is 6.07 Å². The first-order valence-electron chi connectivity index (χ1n) is 7.09. The highest BCUT2D eigenvalue weighted by Crippen LogP contribution is 2.27. The van der Waals surface area contributed by atoms with Crippen LogP contribution in [0.5, 0.6) is 0 Å². The number of hydrogen-bond acceptors (Lipinski definition) is 4. The van der Waals surface area contributed by atoms with Gasteiger partial charge < -0.3 is 5.32 Å². The van der Waals surface area contributed by atoms with E-state index in [1.807, 2.05) is 19.2 Å². The Kier molecular flexibility index (Phi) is 3.47. The first-order chi connectivity index (χ1) is 10.1. The minimum absolute atomic E-state index is 0.128. The number of nitrogens with zero attached hydrogens (tertiary/aromatic N) is 3. The van der Waals surface area contributed by atoms with Crippen LogP contribution in [0.25, 0.3) is 5.69 Å². The maximum atomic E-state index is 11.1. The quantitative estimate of drug-likeness (QED) is 0.677. The first-order valence-corrected chi connectivity index (χ1v) is 7.09. The molecule has 0 spiro atoms. The number of hydrogen-bond donors (Lipinski definition) is 1. The van der Waals surface area contributed by atoms with Gasteiger partial charge in [-0.05, 0) is 38.3 Å². The molecule has 1 aliphatic carbocycles. The second-order valence-electron chi connectivity index (χ2n) is 5.54. The van der Waals surface area contributed by atoms with Crippen molar-refractivity contribution in [3.8, 4) is 5.69 Å². The van der Waals surface area contributed by atoms with E-state index in [9.17, 15) is 10.1 Å². The summed E-state index contributed by atoms with van der Waals surface area (Å²) in [5.41, 5.74) is 3.49. The van der Waals surface area contributed by atoms with E-state index in [-0.39, 0.29) is 10.6 Å². The van der Waals surface area contributed by atoms with Gasteiger partial charge in [0, 0.05) is 24.8 Å². The highest BCUT2D eigenvalue weighted by Gasteiger charge is 2.21. The zero-order valence-electron chi connectivity index (χ0n) is 12.2. The molecule has 1 heterocycles. The van der Waals surface area contributed by atoms with Crippen LogP contribution in [0.1, 0.15) is 29.7 Å². The molecular weight excluding hydrogens is 268 g/mol. The molecule has 6 nitrogen and oxygen atoms in total. The van der Waals surface area contributed by atoms with Gasteiger partial charge in [0.15, 0.2) is 0 Å². The van der Waals surface area contributed by atoms with Gasteiger partial charge in [0.1, 0.15) is 0 Å². The van der Waals surface area contributed by atoms with E-state index < -0.39 is 0 Å². The average Bonchev–Trinajstić information content (AvgIpc) is 3.15. The lowest BCUT2D eigenvalue weighted by molar-refractivity contribution is -0.385. The smallest absolute Gasteiger partial charge is 0.274 e. The maximum Gasteiger partial charge on any atom is 0.274 e. The van der Waals surface area contributed by atoms with Crippen molar-refractivity contribution in [1.29, 1.82) is 0 Å². The Morgan fingerprint density at radius 1 is 1.38 bits per heavy atom. The first kappa shape index (κ1) is 13.8. The molecule has 1 saturated carbocycles. The van der Waals surface area contributed by atoms with Crippen molar-refractivity contribution in [2.75, 3.05) is 0 Å². The van der Waals surface area contributed by atoms with Crippen molar-refractivity contribution in [2.45, 2.75) is 39.3 Å². The summed E-state index contributed by atoms with van der Waals surface area (Å²) in [5.74, 6) is 0. The van der Waals surface area contributed by atoms with E-state index in [4.69, 9.17) is 0 Å². The third-order valence-corrected chi connectivity index (χ3v) is 3.82. The fourth-order valence-corrected chi connectivity index (χ4v) is 2.49. The average molecular weight is 286 g/mol. The van der Waals surface area contributed by atoms with Crippen LogP contribution in [-0.2, 0) is 6.54 Å². The third-order valence-electron chi connectivity index (χ3n) is 3.82. The topological polar surface area (TPSA) is 73.0 Å². The molecule has 0 aliphatic heterocycles. The SMILES string of the molecule is Cc1ccc([N+](=O)[O-])c(C)c1-n1ccc(CNC2CC2)n1. The molecule has 1 aromatic heterocycles. The molecular formula is C15H18N4O2. The van der Waals surface area contributed by atoms with E-state index in [1.54, 1.807) is 23.7 Å². The number of nitro benzene ring substituents is 1. The molecule has 110 valence electrons. The lowest BCUT2D eigenvalue weighted by Crippen LogP contribution is -2.16. The molecule has 0 atom stereocenters. The van der Waals surface area contributed by atoms with Crippen LogP contribution in [0.15, 0.2) is 24.4 Å². The van der Waals surface area contributed by atoms with E-state index in [0.29, 0.717) is 11.6 Å². The normalized spacial score (nSPS) is 14.4. The summed E-state index contributed by atoms with van der Waals surface area (Å²) >= 11 is 0. The van der Waals surface area contributed by atoms with Gasteiger partial charge in [-0.25, -0.2) is 4.68 Å². The lowest BCUT2D eigenvalue weighted by Gasteiger charge is -2.10. The van der Waals surface area contributed by atoms with Crippen molar-refractivity contribution >= 4 is 5.69 Å². The van der Waals surface area contributed by atoms with Crippen LogP contribution >= 0.6 is 0 Å². The van der Waals surface area contributed by atoms with Crippen LogP contribution in [0.2, 0.25) is 0 Å². The Balaban J connectivity index is 1.91. The molecule has 3 rings (SSSR count). The summed E-state index contributed by atoms with van der Waals surface area (Å²) < 4.78 is 1.74. The Bertz CT molecular complexity index is 689. The molecule has 1 aromatic carbocycles. The number of nitrogens with one attached hydrogen (secondary N) is 1. The predicted octanol–water partition coefficient (Wildman–Crippen LogP) is 2.65. The van der Waals surface area contributed by atoms with E-state index in [2.05, 4.69) is 10.4 Å². The zero-order valence-corrected chi connectivity index (χ0v) is 12.2. The number of benzene rings is 1. The standard InChI is InChI=1S/C15H18N4O2/c1-10-3-6-14(19(20)21)11(2)15(10)18-8-7-13(17-18)9-16-12-4-5-12/h3,6-8,12,16H,4-5,9H2,1-2H3. The van der Waals surface area contributed by atoms with Crippen molar-refractivity contribution in [2.24, 2.45) is 0 Å². The Hall–Kier alpha value is -2.21. The number of rotatable bonds is 5. The van der Waals surface area contributed by atoms with Crippen LogP contribution < -0.4 is 5.32 Å². The van der Waals surface area contributed by atoms with E-state index in [1.165, 1.54) is 12.8 Å².